The van der Waals surface area contributed by atoms with Crippen molar-refractivity contribution >= 4 is 34.5 Å². The standard InChI is InChI=1S/C17H18ClN5OS/c1-12-9-19-16-14(18)15(20-23(16)10-12)17(24)22-6-4-21(5-7-22)11-13-3-2-8-25-13/h2-3,8-10H,4-7,11H2,1H3. The first kappa shape index (κ1) is 16.5. The van der Waals surface area contributed by atoms with Gasteiger partial charge in [0.15, 0.2) is 11.3 Å². The van der Waals surface area contributed by atoms with Crippen LogP contribution in [0.3, 0.4) is 0 Å². The summed E-state index contributed by atoms with van der Waals surface area (Å²) < 4.78 is 1.58. The summed E-state index contributed by atoms with van der Waals surface area (Å²) in [5, 5.41) is 6.77. The molecule has 3 aromatic heterocycles. The maximum atomic E-state index is 12.8. The number of hydrogen-bond acceptors (Lipinski definition) is 5. The van der Waals surface area contributed by atoms with E-state index in [0.717, 1.165) is 25.2 Å². The normalized spacial score (nSPS) is 15.8. The van der Waals surface area contributed by atoms with Gasteiger partial charge in [-0.3, -0.25) is 9.69 Å². The van der Waals surface area contributed by atoms with E-state index in [-0.39, 0.29) is 11.6 Å². The molecule has 0 radical (unpaired) electrons. The highest BCUT2D eigenvalue weighted by Crippen LogP contribution is 2.22. The number of nitrogens with zero attached hydrogens (tertiary/aromatic N) is 5. The van der Waals surface area contributed by atoms with E-state index >= 15 is 0 Å². The van der Waals surface area contributed by atoms with Crippen LogP contribution in [0.5, 0.6) is 0 Å². The van der Waals surface area contributed by atoms with Crippen molar-refractivity contribution < 1.29 is 4.79 Å². The maximum Gasteiger partial charge on any atom is 0.276 e. The molecule has 4 heterocycles. The zero-order chi connectivity index (χ0) is 17.4. The van der Waals surface area contributed by atoms with Gasteiger partial charge in [-0.25, -0.2) is 9.50 Å². The van der Waals surface area contributed by atoms with Crippen LogP contribution in [0.25, 0.3) is 5.65 Å². The van der Waals surface area contributed by atoms with Crippen LogP contribution < -0.4 is 0 Å². The smallest absolute Gasteiger partial charge is 0.276 e. The van der Waals surface area contributed by atoms with Crippen LogP contribution in [0.2, 0.25) is 5.02 Å². The fourth-order valence-electron chi connectivity index (χ4n) is 3.02. The summed E-state index contributed by atoms with van der Waals surface area (Å²) >= 11 is 8.11. The molecule has 1 amide bonds. The van der Waals surface area contributed by atoms with Gasteiger partial charge in [-0.15, -0.1) is 11.3 Å². The van der Waals surface area contributed by atoms with Crippen LogP contribution in [0.4, 0.5) is 0 Å². The fourth-order valence-corrected chi connectivity index (χ4v) is 4.02. The average molecular weight is 376 g/mol. The number of halogens is 1. The van der Waals surface area contributed by atoms with Gasteiger partial charge in [-0.2, -0.15) is 5.10 Å². The third kappa shape index (κ3) is 3.27. The zero-order valence-electron chi connectivity index (χ0n) is 13.9. The van der Waals surface area contributed by atoms with E-state index < -0.39 is 0 Å². The molecule has 0 bridgehead atoms. The summed E-state index contributed by atoms with van der Waals surface area (Å²) in [4.78, 5) is 22.6. The largest absolute Gasteiger partial charge is 0.335 e. The summed E-state index contributed by atoms with van der Waals surface area (Å²) in [5.74, 6) is -0.121. The number of aromatic nitrogens is 3. The summed E-state index contributed by atoms with van der Waals surface area (Å²) in [7, 11) is 0. The van der Waals surface area contributed by atoms with Crippen molar-refractivity contribution in [2.75, 3.05) is 26.2 Å². The minimum Gasteiger partial charge on any atom is -0.335 e. The molecule has 130 valence electrons. The first-order chi connectivity index (χ1) is 12.1. The van der Waals surface area contributed by atoms with E-state index in [4.69, 9.17) is 11.6 Å². The molecule has 0 aliphatic carbocycles. The first-order valence-electron chi connectivity index (χ1n) is 8.16. The van der Waals surface area contributed by atoms with Crippen molar-refractivity contribution in [3.63, 3.8) is 0 Å². The van der Waals surface area contributed by atoms with E-state index in [1.54, 1.807) is 22.0 Å². The number of hydrogen-bond donors (Lipinski definition) is 0. The van der Waals surface area contributed by atoms with Crippen LogP contribution >= 0.6 is 22.9 Å². The monoisotopic (exact) mass is 375 g/mol. The number of piperazine rings is 1. The number of carbonyl (C=O) groups excluding carboxylic acids is 1. The fraction of sp³-hybridized carbons (Fsp3) is 0.353. The van der Waals surface area contributed by atoms with Gasteiger partial charge < -0.3 is 4.90 Å². The third-order valence-electron chi connectivity index (χ3n) is 4.37. The van der Waals surface area contributed by atoms with E-state index in [1.807, 2.05) is 18.0 Å². The Hall–Kier alpha value is -1.96. The molecule has 0 atom stereocenters. The maximum absolute atomic E-state index is 12.8. The molecule has 0 N–H and O–H groups in total. The Morgan fingerprint density at radius 3 is 2.84 bits per heavy atom. The second-order valence-electron chi connectivity index (χ2n) is 6.21. The summed E-state index contributed by atoms with van der Waals surface area (Å²) in [6.45, 7) is 5.94. The van der Waals surface area contributed by atoms with Gasteiger partial charge in [0.05, 0.1) is 0 Å². The molecule has 25 heavy (non-hydrogen) atoms. The molecular weight excluding hydrogens is 358 g/mol. The second kappa shape index (κ2) is 6.74. The second-order valence-corrected chi connectivity index (χ2v) is 7.62. The molecule has 6 nitrogen and oxygen atoms in total. The van der Waals surface area contributed by atoms with Crippen molar-refractivity contribution in [1.82, 2.24) is 24.4 Å². The topological polar surface area (TPSA) is 53.7 Å². The molecule has 8 heteroatoms. The van der Waals surface area contributed by atoms with Crippen molar-refractivity contribution in [3.8, 4) is 0 Å². The van der Waals surface area contributed by atoms with Crippen LogP contribution in [0, 0.1) is 6.92 Å². The zero-order valence-corrected chi connectivity index (χ0v) is 15.4. The predicted molar refractivity (Wildman–Crippen MR) is 98.2 cm³/mol. The number of aryl methyl sites for hydroxylation is 1. The first-order valence-corrected chi connectivity index (χ1v) is 9.42. The Labute approximate surface area is 154 Å². The predicted octanol–water partition coefficient (Wildman–Crippen LogP) is 2.71. The van der Waals surface area contributed by atoms with E-state index in [1.165, 1.54) is 4.88 Å². The molecular formula is C17H18ClN5OS. The Kier molecular flexibility index (Phi) is 4.45. The van der Waals surface area contributed by atoms with Crippen molar-refractivity contribution in [1.29, 1.82) is 0 Å². The number of amides is 1. The van der Waals surface area contributed by atoms with Gasteiger partial charge in [0, 0.05) is 50.0 Å². The Morgan fingerprint density at radius 1 is 1.32 bits per heavy atom. The van der Waals surface area contributed by atoms with Crippen LogP contribution in [-0.4, -0.2) is 56.5 Å². The van der Waals surface area contributed by atoms with E-state index in [2.05, 4.69) is 32.5 Å². The highest BCUT2D eigenvalue weighted by molar-refractivity contribution is 7.09. The average Bonchev–Trinajstić information content (AvgIpc) is 3.23. The summed E-state index contributed by atoms with van der Waals surface area (Å²) in [6.07, 6.45) is 3.55. The number of carbonyl (C=O) groups is 1. The SMILES string of the molecule is Cc1cnc2c(Cl)c(C(=O)N3CCN(Cc4cccs4)CC3)nn2c1. The van der Waals surface area contributed by atoms with Crippen LogP contribution in [0.1, 0.15) is 20.9 Å². The lowest BCUT2D eigenvalue weighted by Crippen LogP contribution is -2.48. The van der Waals surface area contributed by atoms with Gasteiger partial charge >= 0.3 is 0 Å². The molecule has 0 aromatic carbocycles. The van der Waals surface area contributed by atoms with Gasteiger partial charge in [0.25, 0.3) is 5.91 Å². The number of rotatable bonds is 3. The quantitative estimate of drug-likeness (QED) is 0.706. The molecule has 4 rings (SSSR count). The Balaban J connectivity index is 1.46. The third-order valence-corrected chi connectivity index (χ3v) is 5.58. The highest BCUT2D eigenvalue weighted by atomic mass is 35.5. The Bertz CT molecular complexity index is 899. The molecule has 0 unspecified atom stereocenters. The van der Waals surface area contributed by atoms with Gasteiger partial charge in [-0.05, 0) is 23.9 Å². The minimum atomic E-state index is -0.121. The van der Waals surface area contributed by atoms with Crippen molar-refractivity contribution in [3.05, 3.63) is 51.1 Å². The van der Waals surface area contributed by atoms with Crippen LogP contribution in [0.15, 0.2) is 29.9 Å². The number of fused-ring (bicyclic) bond motifs is 1. The van der Waals surface area contributed by atoms with E-state index in [0.29, 0.717) is 23.8 Å². The minimum absolute atomic E-state index is 0.121. The summed E-state index contributed by atoms with van der Waals surface area (Å²) in [6, 6.07) is 4.22. The van der Waals surface area contributed by atoms with Crippen LogP contribution in [-0.2, 0) is 6.54 Å². The van der Waals surface area contributed by atoms with Gasteiger partial charge in [0.1, 0.15) is 5.02 Å². The van der Waals surface area contributed by atoms with Gasteiger partial charge in [0.2, 0.25) is 0 Å². The summed E-state index contributed by atoms with van der Waals surface area (Å²) in [5.41, 5.74) is 1.77. The molecule has 0 spiro atoms. The van der Waals surface area contributed by atoms with Gasteiger partial charge in [-0.1, -0.05) is 17.7 Å². The lowest BCUT2D eigenvalue weighted by molar-refractivity contribution is 0.0623. The highest BCUT2D eigenvalue weighted by Gasteiger charge is 2.27. The molecule has 1 aliphatic rings. The lowest BCUT2D eigenvalue weighted by atomic mass is 10.2. The van der Waals surface area contributed by atoms with E-state index in [9.17, 15) is 4.79 Å². The Morgan fingerprint density at radius 2 is 2.12 bits per heavy atom. The molecule has 3 aromatic rings. The molecule has 1 saturated heterocycles. The number of thiophene rings is 1. The molecule has 0 saturated carbocycles. The van der Waals surface area contributed by atoms with Crippen molar-refractivity contribution in [2.45, 2.75) is 13.5 Å². The molecule has 1 aliphatic heterocycles. The lowest BCUT2D eigenvalue weighted by Gasteiger charge is -2.34. The molecule has 1 fully saturated rings. The van der Waals surface area contributed by atoms with Crippen molar-refractivity contribution in [2.24, 2.45) is 0 Å².